The van der Waals surface area contributed by atoms with Crippen LogP contribution in [0, 0.1) is 10.5 Å². The van der Waals surface area contributed by atoms with Gasteiger partial charge in [0.1, 0.15) is 22.2 Å². The molecule has 4 rings (SSSR count). The van der Waals surface area contributed by atoms with Crippen molar-refractivity contribution in [2.45, 2.75) is 6.92 Å². The summed E-state index contributed by atoms with van der Waals surface area (Å²) in [6, 6.07) is 21.8. The van der Waals surface area contributed by atoms with Gasteiger partial charge in [0.15, 0.2) is 0 Å². The number of hydrogen-bond donors (Lipinski definition) is 1. The Labute approximate surface area is 192 Å². The molecule has 1 N–H and O–H groups in total. The second-order valence-corrected chi connectivity index (χ2v) is 8.25. The summed E-state index contributed by atoms with van der Waals surface area (Å²) in [4.78, 5) is 26.7. The van der Waals surface area contributed by atoms with Gasteiger partial charge in [0, 0.05) is 9.26 Å². The van der Waals surface area contributed by atoms with Crippen LogP contribution in [-0.4, -0.2) is 11.8 Å². The van der Waals surface area contributed by atoms with E-state index in [2.05, 4.69) is 27.9 Å². The summed E-state index contributed by atoms with van der Waals surface area (Å²) in [6.07, 6.45) is 0. The Morgan fingerprint density at radius 3 is 2.23 bits per heavy atom. The Hall–Kier alpha value is -2.84. The molecule has 150 valence electrons. The van der Waals surface area contributed by atoms with Gasteiger partial charge in [-0.1, -0.05) is 29.8 Å². The van der Waals surface area contributed by atoms with Crippen LogP contribution in [0.15, 0.2) is 83.5 Å². The highest BCUT2D eigenvalue weighted by molar-refractivity contribution is 14.1. The molecule has 1 aliphatic rings. The van der Waals surface area contributed by atoms with Gasteiger partial charge in [0.2, 0.25) is 0 Å². The number of anilines is 2. The second-order valence-electron chi connectivity index (χ2n) is 6.63. The first-order valence-corrected chi connectivity index (χ1v) is 10.5. The molecule has 0 atom stereocenters. The van der Waals surface area contributed by atoms with Crippen LogP contribution in [0.4, 0.5) is 11.4 Å². The fraction of sp³-hybridized carbons (Fsp3) is 0.0435. The molecular formula is C23H16ClIN2O3. The zero-order valence-electron chi connectivity index (χ0n) is 15.9. The standard InChI is InChI=1S/C23H16ClIN2O3/c1-14-13-15(25)7-12-19(14)26-21-20(24)22(28)27(23(21)29)16-8-10-18(11-9-16)30-17-5-3-2-4-6-17/h2-13,26H,1H3. The number of aryl methyl sites for hydroxylation is 1. The third kappa shape index (κ3) is 4.06. The molecule has 0 aliphatic carbocycles. The highest BCUT2D eigenvalue weighted by atomic mass is 127. The number of nitrogens with one attached hydrogen (secondary N) is 1. The summed E-state index contributed by atoms with van der Waals surface area (Å²) in [6.45, 7) is 1.92. The maximum atomic E-state index is 13.0. The molecule has 0 saturated carbocycles. The van der Waals surface area contributed by atoms with Gasteiger partial charge < -0.3 is 10.1 Å². The predicted molar refractivity (Wildman–Crippen MR) is 126 cm³/mol. The van der Waals surface area contributed by atoms with Gasteiger partial charge in [0.25, 0.3) is 11.8 Å². The van der Waals surface area contributed by atoms with E-state index in [0.717, 1.165) is 19.7 Å². The smallest absolute Gasteiger partial charge is 0.283 e. The van der Waals surface area contributed by atoms with Crippen molar-refractivity contribution in [2.24, 2.45) is 0 Å². The summed E-state index contributed by atoms with van der Waals surface area (Å²) >= 11 is 8.43. The molecule has 0 spiro atoms. The van der Waals surface area contributed by atoms with Gasteiger partial charge in [-0.15, -0.1) is 0 Å². The van der Waals surface area contributed by atoms with E-state index in [1.54, 1.807) is 24.3 Å². The van der Waals surface area contributed by atoms with Crippen LogP contribution in [0.2, 0.25) is 0 Å². The molecule has 0 radical (unpaired) electrons. The number of benzene rings is 3. The number of imide groups is 1. The number of nitrogens with zero attached hydrogens (tertiary/aromatic N) is 1. The lowest BCUT2D eigenvalue weighted by molar-refractivity contribution is -0.120. The Bertz CT molecular complexity index is 1160. The lowest BCUT2D eigenvalue weighted by Crippen LogP contribution is -2.32. The van der Waals surface area contributed by atoms with Gasteiger partial charge in [-0.2, -0.15) is 0 Å². The molecule has 2 amide bonds. The van der Waals surface area contributed by atoms with Gasteiger partial charge in [-0.05, 0) is 89.7 Å². The lowest BCUT2D eigenvalue weighted by atomic mass is 10.2. The molecule has 0 saturated heterocycles. The minimum Gasteiger partial charge on any atom is -0.457 e. The van der Waals surface area contributed by atoms with Crippen LogP contribution in [0.1, 0.15) is 5.56 Å². The first kappa shape index (κ1) is 20.4. The summed E-state index contributed by atoms with van der Waals surface area (Å²) in [5, 5.41) is 2.88. The van der Waals surface area contributed by atoms with Crippen LogP contribution in [-0.2, 0) is 9.59 Å². The van der Waals surface area contributed by atoms with Crippen molar-refractivity contribution in [3.05, 3.63) is 92.7 Å². The van der Waals surface area contributed by atoms with Crippen molar-refractivity contribution in [3.63, 3.8) is 0 Å². The van der Waals surface area contributed by atoms with Gasteiger partial charge >= 0.3 is 0 Å². The van der Waals surface area contributed by atoms with Crippen molar-refractivity contribution in [2.75, 3.05) is 10.2 Å². The fourth-order valence-corrected chi connectivity index (χ4v) is 3.90. The Morgan fingerprint density at radius 2 is 1.57 bits per heavy atom. The topological polar surface area (TPSA) is 58.6 Å². The molecule has 0 aromatic heterocycles. The highest BCUT2D eigenvalue weighted by Gasteiger charge is 2.39. The fourth-order valence-electron chi connectivity index (χ4n) is 3.04. The number of ether oxygens (including phenoxy) is 1. The van der Waals surface area contributed by atoms with E-state index >= 15 is 0 Å². The molecular weight excluding hydrogens is 515 g/mol. The van der Waals surface area contributed by atoms with Crippen LogP contribution < -0.4 is 15.0 Å². The SMILES string of the molecule is Cc1cc(I)ccc1NC1=C(Cl)C(=O)N(c2ccc(Oc3ccccc3)cc2)C1=O. The summed E-state index contributed by atoms with van der Waals surface area (Å²) in [5.74, 6) is 0.224. The Morgan fingerprint density at radius 1 is 0.900 bits per heavy atom. The number of carbonyl (C=O) groups is 2. The quantitative estimate of drug-likeness (QED) is 0.333. The highest BCUT2D eigenvalue weighted by Crippen LogP contribution is 2.32. The lowest BCUT2D eigenvalue weighted by Gasteiger charge is -2.16. The minimum atomic E-state index is -0.566. The third-order valence-corrected chi connectivity index (χ3v) is 5.57. The first-order chi connectivity index (χ1) is 14.4. The molecule has 1 heterocycles. The van der Waals surface area contributed by atoms with Crippen LogP contribution in [0.5, 0.6) is 11.5 Å². The molecule has 0 bridgehead atoms. The van der Waals surface area contributed by atoms with Gasteiger partial charge in [-0.25, -0.2) is 4.90 Å². The zero-order valence-corrected chi connectivity index (χ0v) is 18.8. The van der Waals surface area contributed by atoms with Crippen molar-refractivity contribution in [1.29, 1.82) is 0 Å². The summed E-state index contributed by atoms with van der Waals surface area (Å²) in [5.41, 5.74) is 2.15. The van der Waals surface area contributed by atoms with Crippen LogP contribution in [0.3, 0.4) is 0 Å². The molecule has 0 fully saturated rings. The number of amides is 2. The van der Waals surface area contributed by atoms with Crippen molar-refractivity contribution < 1.29 is 14.3 Å². The van der Waals surface area contributed by atoms with Crippen molar-refractivity contribution in [3.8, 4) is 11.5 Å². The van der Waals surface area contributed by atoms with Crippen LogP contribution in [0.25, 0.3) is 0 Å². The molecule has 30 heavy (non-hydrogen) atoms. The molecule has 3 aromatic rings. The average Bonchev–Trinajstić information content (AvgIpc) is 2.94. The normalized spacial score (nSPS) is 13.8. The van der Waals surface area contributed by atoms with E-state index in [0.29, 0.717) is 17.2 Å². The minimum absolute atomic E-state index is 0.0654. The van der Waals surface area contributed by atoms with Gasteiger partial charge in [0.05, 0.1) is 5.69 Å². The first-order valence-electron chi connectivity index (χ1n) is 9.09. The molecule has 0 unspecified atom stereocenters. The van der Waals surface area contributed by atoms with E-state index in [9.17, 15) is 9.59 Å². The van der Waals surface area contributed by atoms with E-state index in [1.807, 2.05) is 55.5 Å². The molecule has 1 aliphatic heterocycles. The number of carbonyl (C=O) groups excluding carboxylic acids is 2. The molecule has 7 heteroatoms. The average molecular weight is 531 g/mol. The van der Waals surface area contributed by atoms with Crippen molar-refractivity contribution in [1.82, 2.24) is 0 Å². The number of halogens is 2. The number of hydrogen-bond acceptors (Lipinski definition) is 4. The number of rotatable bonds is 5. The largest absolute Gasteiger partial charge is 0.457 e. The predicted octanol–water partition coefficient (Wildman–Crippen LogP) is 5.83. The van der Waals surface area contributed by atoms with E-state index < -0.39 is 11.8 Å². The maximum absolute atomic E-state index is 13.0. The second kappa shape index (κ2) is 8.49. The van der Waals surface area contributed by atoms with E-state index in [-0.39, 0.29) is 10.7 Å². The van der Waals surface area contributed by atoms with Gasteiger partial charge in [-0.3, -0.25) is 9.59 Å². The number of para-hydroxylation sites is 1. The summed E-state index contributed by atoms with van der Waals surface area (Å²) < 4.78 is 6.83. The van der Waals surface area contributed by atoms with Crippen LogP contribution >= 0.6 is 34.2 Å². The Kier molecular flexibility index (Phi) is 5.78. The Balaban J connectivity index is 1.54. The summed E-state index contributed by atoms with van der Waals surface area (Å²) in [7, 11) is 0. The molecule has 5 nitrogen and oxygen atoms in total. The van der Waals surface area contributed by atoms with E-state index in [1.165, 1.54) is 0 Å². The zero-order chi connectivity index (χ0) is 21.3. The molecule has 3 aromatic carbocycles. The van der Waals surface area contributed by atoms with Crippen molar-refractivity contribution >= 4 is 57.4 Å². The third-order valence-electron chi connectivity index (χ3n) is 4.55. The van der Waals surface area contributed by atoms with E-state index in [4.69, 9.17) is 16.3 Å². The maximum Gasteiger partial charge on any atom is 0.283 e. The monoisotopic (exact) mass is 530 g/mol.